The third-order valence-electron chi connectivity index (χ3n) is 3.97. The molecule has 2 nitrogen and oxygen atoms in total. The van der Waals surface area contributed by atoms with Crippen LogP contribution in [-0.2, 0) is 9.47 Å². The standard InChI is InChI=1S/C11H20O2/c1-12-7-11(8-13-2)6-9-3-4-10(11)5-9/h9-10H,3-8H2,1-2H3. The monoisotopic (exact) mass is 184 g/mol. The smallest absolute Gasteiger partial charge is 0.0543 e. The number of ether oxygens (including phenoxy) is 2. The Bertz CT molecular complexity index is 173. The number of methoxy groups -OCH3 is 2. The Labute approximate surface area is 80.6 Å². The number of hydrogen-bond donors (Lipinski definition) is 0. The Morgan fingerprint density at radius 1 is 1.15 bits per heavy atom. The summed E-state index contributed by atoms with van der Waals surface area (Å²) in [5, 5.41) is 0. The summed E-state index contributed by atoms with van der Waals surface area (Å²) in [6.45, 7) is 1.78. The summed E-state index contributed by atoms with van der Waals surface area (Å²) >= 11 is 0. The lowest BCUT2D eigenvalue weighted by Crippen LogP contribution is -2.36. The maximum Gasteiger partial charge on any atom is 0.0543 e. The molecule has 0 N–H and O–H groups in total. The molecule has 0 spiro atoms. The SMILES string of the molecule is COCC1(COC)CC2CCC1C2. The van der Waals surface area contributed by atoms with E-state index in [-0.39, 0.29) is 0 Å². The summed E-state index contributed by atoms with van der Waals surface area (Å²) in [4.78, 5) is 0. The largest absolute Gasteiger partial charge is 0.384 e. The van der Waals surface area contributed by atoms with Gasteiger partial charge < -0.3 is 9.47 Å². The molecule has 2 saturated carbocycles. The van der Waals surface area contributed by atoms with Crippen LogP contribution in [-0.4, -0.2) is 27.4 Å². The Hall–Kier alpha value is -0.0800. The first-order valence-corrected chi connectivity index (χ1v) is 5.28. The molecule has 0 aromatic carbocycles. The summed E-state index contributed by atoms with van der Waals surface area (Å²) in [6.07, 6.45) is 5.60. The van der Waals surface area contributed by atoms with Crippen LogP contribution in [0.25, 0.3) is 0 Å². The Morgan fingerprint density at radius 2 is 1.85 bits per heavy atom. The van der Waals surface area contributed by atoms with Gasteiger partial charge in [0.2, 0.25) is 0 Å². The molecule has 2 atom stereocenters. The fourth-order valence-electron chi connectivity index (χ4n) is 3.53. The van der Waals surface area contributed by atoms with Crippen molar-refractivity contribution in [1.29, 1.82) is 0 Å². The van der Waals surface area contributed by atoms with Gasteiger partial charge in [0.25, 0.3) is 0 Å². The summed E-state index contributed by atoms with van der Waals surface area (Å²) in [7, 11) is 3.62. The second-order valence-electron chi connectivity index (χ2n) is 4.81. The summed E-state index contributed by atoms with van der Waals surface area (Å²) in [6, 6.07) is 0. The molecule has 2 unspecified atom stereocenters. The lowest BCUT2D eigenvalue weighted by molar-refractivity contribution is -0.0258. The van der Waals surface area contributed by atoms with Gasteiger partial charge in [0, 0.05) is 19.6 Å². The van der Waals surface area contributed by atoms with E-state index in [1.807, 2.05) is 14.2 Å². The first-order chi connectivity index (χ1) is 6.30. The summed E-state index contributed by atoms with van der Waals surface area (Å²) in [5.74, 6) is 1.84. The maximum absolute atomic E-state index is 5.35. The highest BCUT2D eigenvalue weighted by Crippen LogP contribution is 2.56. The van der Waals surface area contributed by atoms with Gasteiger partial charge in [0.05, 0.1) is 13.2 Å². The molecule has 0 heterocycles. The van der Waals surface area contributed by atoms with Gasteiger partial charge >= 0.3 is 0 Å². The molecule has 2 heteroatoms. The van der Waals surface area contributed by atoms with Crippen LogP contribution in [0.4, 0.5) is 0 Å². The molecule has 2 bridgehead atoms. The molecule has 0 amide bonds. The van der Waals surface area contributed by atoms with E-state index in [2.05, 4.69) is 0 Å². The van der Waals surface area contributed by atoms with E-state index in [0.29, 0.717) is 5.41 Å². The topological polar surface area (TPSA) is 18.5 Å². The van der Waals surface area contributed by atoms with Crippen LogP contribution in [0.15, 0.2) is 0 Å². The highest BCUT2D eigenvalue weighted by molar-refractivity contribution is 5.00. The minimum Gasteiger partial charge on any atom is -0.384 e. The van der Waals surface area contributed by atoms with E-state index < -0.39 is 0 Å². The Kier molecular flexibility index (Phi) is 2.61. The van der Waals surface area contributed by atoms with Gasteiger partial charge in [-0.2, -0.15) is 0 Å². The molecule has 2 aliphatic rings. The number of hydrogen-bond acceptors (Lipinski definition) is 2. The van der Waals surface area contributed by atoms with Crippen LogP contribution < -0.4 is 0 Å². The van der Waals surface area contributed by atoms with E-state index in [1.54, 1.807) is 0 Å². The summed E-state index contributed by atoms with van der Waals surface area (Å²) in [5.41, 5.74) is 0.367. The predicted molar refractivity (Wildman–Crippen MR) is 51.6 cm³/mol. The minimum absolute atomic E-state index is 0.367. The molecule has 2 rings (SSSR count). The average molecular weight is 184 g/mol. The summed E-state index contributed by atoms with van der Waals surface area (Å²) < 4.78 is 10.7. The normalized spacial score (nSPS) is 35.5. The van der Waals surface area contributed by atoms with Crippen molar-refractivity contribution in [3.05, 3.63) is 0 Å². The van der Waals surface area contributed by atoms with E-state index in [1.165, 1.54) is 25.7 Å². The lowest BCUT2D eigenvalue weighted by atomic mass is 9.74. The second-order valence-corrected chi connectivity index (χ2v) is 4.81. The van der Waals surface area contributed by atoms with Crippen LogP contribution in [0.1, 0.15) is 25.7 Å². The minimum atomic E-state index is 0.367. The number of rotatable bonds is 4. The Balaban J connectivity index is 2.05. The van der Waals surface area contributed by atoms with Gasteiger partial charge in [-0.1, -0.05) is 6.42 Å². The molecule has 2 aliphatic carbocycles. The molecule has 0 radical (unpaired) electrons. The molecule has 13 heavy (non-hydrogen) atoms. The molecular formula is C11H20O2. The van der Waals surface area contributed by atoms with Crippen molar-refractivity contribution in [2.24, 2.45) is 17.3 Å². The van der Waals surface area contributed by atoms with Crippen molar-refractivity contribution < 1.29 is 9.47 Å². The van der Waals surface area contributed by atoms with E-state index in [4.69, 9.17) is 9.47 Å². The molecule has 0 aromatic heterocycles. The fourth-order valence-corrected chi connectivity index (χ4v) is 3.53. The van der Waals surface area contributed by atoms with E-state index in [0.717, 1.165) is 25.0 Å². The van der Waals surface area contributed by atoms with E-state index in [9.17, 15) is 0 Å². The van der Waals surface area contributed by atoms with Gasteiger partial charge in [-0.05, 0) is 31.1 Å². The van der Waals surface area contributed by atoms with Gasteiger partial charge in [-0.25, -0.2) is 0 Å². The van der Waals surface area contributed by atoms with Crippen molar-refractivity contribution in [2.75, 3.05) is 27.4 Å². The van der Waals surface area contributed by atoms with Crippen molar-refractivity contribution in [3.63, 3.8) is 0 Å². The lowest BCUT2D eigenvalue weighted by Gasteiger charge is -2.36. The third-order valence-corrected chi connectivity index (χ3v) is 3.97. The third kappa shape index (κ3) is 1.50. The van der Waals surface area contributed by atoms with Crippen LogP contribution in [0, 0.1) is 17.3 Å². The van der Waals surface area contributed by atoms with Crippen LogP contribution in [0.2, 0.25) is 0 Å². The zero-order valence-electron chi connectivity index (χ0n) is 8.71. The van der Waals surface area contributed by atoms with Crippen LogP contribution >= 0.6 is 0 Å². The molecule has 2 fully saturated rings. The zero-order valence-corrected chi connectivity index (χ0v) is 8.71. The molecule has 76 valence electrons. The quantitative estimate of drug-likeness (QED) is 0.666. The average Bonchev–Trinajstić information content (AvgIpc) is 2.64. The predicted octanol–water partition coefficient (Wildman–Crippen LogP) is 2.09. The molecule has 0 saturated heterocycles. The van der Waals surface area contributed by atoms with Crippen molar-refractivity contribution in [2.45, 2.75) is 25.7 Å². The van der Waals surface area contributed by atoms with Crippen LogP contribution in [0.5, 0.6) is 0 Å². The first-order valence-electron chi connectivity index (χ1n) is 5.28. The van der Waals surface area contributed by atoms with E-state index >= 15 is 0 Å². The second kappa shape index (κ2) is 3.58. The highest BCUT2D eigenvalue weighted by atomic mass is 16.5. The molecule has 0 aromatic rings. The van der Waals surface area contributed by atoms with Crippen LogP contribution in [0.3, 0.4) is 0 Å². The van der Waals surface area contributed by atoms with Gasteiger partial charge in [0.15, 0.2) is 0 Å². The maximum atomic E-state index is 5.35. The van der Waals surface area contributed by atoms with Gasteiger partial charge in [0.1, 0.15) is 0 Å². The number of fused-ring (bicyclic) bond motifs is 2. The zero-order chi connectivity index (χ0) is 9.31. The molecular weight excluding hydrogens is 164 g/mol. The first kappa shape index (κ1) is 9.47. The highest BCUT2D eigenvalue weighted by Gasteiger charge is 2.50. The Morgan fingerprint density at radius 3 is 2.23 bits per heavy atom. The van der Waals surface area contributed by atoms with Gasteiger partial charge in [-0.3, -0.25) is 0 Å². The fraction of sp³-hybridized carbons (Fsp3) is 1.00. The molecule has 0 aliphatic heterocycles. The van der Waals surface area contributed by atoms with Crippen molar-refractivity contribution >= 4 is 0 Å². The van der Waals surface area contributed by atoms with Crippen molar-refractivity contribution in [3.8, 4) is 0 Å². The van der Waals surface area contributed by atoms with Crippen molar-refractivity contribution in [1.82, 2.24) is 0 Å². The van der Waals surface area contributed by atoms with Gasteiger partial charge in [-0.15, -0.1) is 0 Å².